The predicted molar refractivity (Wildman–Crippen MR) is 76.0 cm³/mol. The first kappa shape index (κ1) is 14.3. The minimum Gasteiger partial charge on any atom is -0.494 e. The second-order valence-corrected chi connectivity index (χ2v) is 4.52. The van der Waals surface area contributed by atoms with Crippen LogP contribution in [0.25, 0.3) is 0 Å². The van der Waals surface area contributed by atoms with Crippen molar-refractivity contribution in [3.8, 4) is 5.75 Å². The standard InChI is InChI=1S/C16H17F2NO/c1-3-20-13-6-4-5-12(8-13)10-19-16-9-14(17)11(2)7-15(16)18/h4-9,19H,3,10H2,1-2H3. The van der Waals surface area contributed by atoms with E-state index in [-0.39, 0.29) is 5.69 Å². The Morgan fingerprint density at radius 2 is 1.90 bits per heavy atom. The number of aryl methyl sites for hydroxylation is 1. The number of halogens is 2. The largest absolute Gasteiger partial charge is 0.494 e. The summed E-state index contributed by atoms with van der Waals surface area (Å²) < 4.78 is 32.5. The van der Waals surface area contributed by atoms with Gasteiger partial charge in [0.15, 0.2) is 0 Å². The molecule has 0 aliphatic carbocycles. The lowest BCUT2D eigenvalue weighted by Crippen LogP contribution is -2.03. The molecule has 2 aromatic rings. The maximum absolute atomic E-state index is 13.7. The number of nitrogens with one attached hydrogen (secondary N) is 1. The number of benzene rings is 2. The van der Waals surface area contributed by atoms with Crippen molar-refractivity contribution in [3.05, 3.63) is 59.2 Å². The van der Waals surface area contributed by atoms with Crippen LogP contribution in [0.3, 0.4) is 0 Å². The fourth-order valence-corrected chi connectivity index (χ4v) is 1.89. The lowest BCUT2D eigenvalue weighted by molar-refractivity contribution is 0.340. The molecule has 106 valence electrons. The molecule has 0 saturated carbocycles. The zero-order valence-corrected chi connectivity index (χ0v) is 11.5. The molecule has 20 heavy (non-hydrogen) atoms. The van der Waals surface area contributed by atoms with E-state index in [2.05, 4.69) is 5.32 Å². The monoisotopic (exact) mass is 277 g/mol. The second kappa shape index (κ2) is 6.37. The van der Waals surface area contributed by atoms with E-state index in [4.69, 9.17) is 4.74 Å². The summed E-state index contributed by atoms with van der Waals surface area (Å²) in [5.41, 5.74) is 1.40. The SMILES string of the molecule is CCOc1cccc(CNc2cc(F)c(C)cc2F)c1. The van der Waals surface area contributed by atoms with Gasteiger partial charge in [0.25, 0.3) is 0 Å². The molecular formula is C16H17F2NO. The number of anilines is 1. The van der Waals surface area contributed by atoms with Crippen molar-refractivity contribution in [2.45, 2.75) is 20.4 Å². The smallest absolute Gasteiger partial charge is 0.146 e. The fourth-order valence-electron chi connectivity index (χ4n) is 1.89. The molecule has 0 heterocycles. The highest BCUT2D eigenvalue weighted by Crippen LogP contribution is 2.20. The number of hydrogen-bond acceptors (Lipinski definition) is 2. The molecule has 0 aliphatic rings. The van der Waals surface area contributed by atoms with E-state index in [0.29, 0.717) is 18.7 Å². The third-order valence-corrected chi connectivity index (χ3v) is 2.94. The third-order valence-electron chi connectivity index (χ3n) is 2.94. The topological polar surface area (TPSA) is 21.3 Å². The quantitative estimate of drug-likeness (QED) is 0.880. The summed E-state index contributed by atoms with van der Waals surface area (Å²) in [6.07, 6.45) is 0. The molecule has 2 aromatic carbocycles. The molecule has 2 rings (SSSR count). The van der Waals surface area contributed by atoms with Crippen molar-refractivity contribution in [3.63, 3.8) is 0 Å². The Morgan fingerprint density at radius 1 is 1.10 bits per heavy atom. The average molecular weight is 277 g/mol. The van der Waals surface area contributed by atoms with E-state index in [1.54, 1.807) is 0 Å². The van der Waals surface area contributed by atoms with Crippen LogP contribution in [0.4, 0.5) is 14.5 Å². The van der Waals surface area contributed by atoms with Gasteiger partial charge in [-0.25, -0.2) is 8.78 Å². The van der Waals surface area contributed by atoms with Gasteiger partial charge in [-0.1, -0.05) is 12.1 Å². The van der Waals surface area contributed by atoms with Crippen molar-refractivity contribution in [1.29, 1.82) is 0 Å². The van der Waals surface area contributed by atoms with E-state index in [0.717, 1.165) is 11.3 Å². The first-order chi connectivity index (χ1) is 9.60. The number of rotatable bonds is 5. The van der Waals surface area contributed by atoms with Crippen molar-refractivity contribution in [1.82, 2.24) is 0 Å². The normalized spacial score (nSPS) is 10.4. The van der Waals surface area contributed by atoms with E-state index in [1.807, 2.05) is 31.2 Å². The minimum absolute atomic E-state index is 0.162. The van der Waals surface area contributed by atoms with Crippen LogP contribution < -0.4 is 10.1 Å². The van der Waals surface area contributed by atoms with Crippen LogP contribution in [0.15, 0.2) is 36.4 Å². The van der Waals surface area contributed by atoms with Gasteiger partial charge in [0.05, 0.1) is 12.3 Å². The molecule has 0 spiro atoms. The molecule has 0 fully saturated rings. The maximum Gasteiger partial charge on any atom is 0.146 e. The highest BCUT2D eigenvalue weighted by Gasteiger charge is 2.07. The molecule has 2 nitrogen and oxygen atoms in total. The molecule has 0 radical (unpaired) electrons. The molecule has 0 aromatic heterocycles. The molecule has 0 aliphatic heterocycles. The van der Waals surface area contributed by atoms with Crippen LogP contribution in [-0.4, -0.2) is 6.61 Å². The summed E-state index contributed by atoms with van der Waals surface area (Å²) in [6, 6.07) is 9.87. The van der Waals surface area contributed by atoms with Crippen LogP contribution in [-0.2, 0) is 6.54 Å². The summed E-state index contributed by atoms with van der Waals surface area (Å²) in [7, 11) is 0. The molecule has 1 N–H and O–H groups in total. The maximum atomic E-state index is 13.7. The van der Waals surface area contributed by atoms with Crippen molar-refractivity contribution in [2.24, 2.45) is 0 Å². The Bertz CT molecular complexity index is 599. The Balaban J connectivity index is 2.08. The summed E-state index contributed by atoms with van der Waals surface area (Å²) in [5, 5.41) is 2.90. The van der Waals surface area contributed by atoms with Gasteiger partial charge in [-0.05, 0) is 43.2 Å². The Kier molecular flexibility index (Phi) is 4.56. The van der Waals surface area contributed by atoms with E-state index in [9.17, 15) is 8.78 Å². The second-order valence-electron chi connectivity index (χ2n) is 4.52. The summed E-state index contributed by atoms with van der Waals surface area (Å²) >= 11 is 0. The van der Waals surface area contributed by atoms with Gasteiger partial charge in [-0.2, -0.15) is 0 Å². The number of ether oxygens (including phenoxy) is 1. The van der Waals surface area contributed by atoms with Gasteiger partial charge in [0, 0.05) is 12.6 Å². The third kappa shape index (κ3) is 3.47. The Morgan fingerprint density at radius 3 is 2.65 bits per heavy atom. The van der Waals surface area contributed by atoms with Crippen LogP contribution in [0.5, 0.6) is 5.75 Å². The lowest BCUT2D eigenvalue weighted by Gasteiger charge is -2.10. The van der Waals surface area contributed by atoms with Gasteiger partial charge < -0.3 is 10.1 Å². The fraction of sp³-hybridized carbons (Fsp3) is 0.250. The molecular weight excluding hydrogens is 260 g/mol. The zero-order chi connectivity index (χ0) is 14.5. The van der Waals surface area contributed by atoms with Gasteiger partial charge in [-0.15, -0.1) is 0 Å². The first-order valence-electron chi connectivity index (χ1n) is 6.51. The van der Waals surface area contributed by atoms with Crippen LogP contribution in [0.2, 0.25) is 0 Å². The first-order valence-corrected chi connectivity index (χ1v) is 6.51. The van der Waals surface area contributed by atoms with Crippen LogP contribution >= 0.6 is 0 Å². The zero-order valence-electron chi connectivity index (χ0n) is 11.5. The summed E-state index contributed by atoms with van der Waals surface area (Å²) in [4.78, 5) is 0. The molecule has 0 amide bonds. The average Bonchev–Trinajstić information content (AvgIpc) is 2.42. The van der Waals surface area contributed by atoms with Gasteiger partial charge in [0.2, 0.25) is 0 Å². The number of hydrogen-bond donors (Lipinski definition) is 1. The van der Waals surface area contributed by atoms with Crippen molar-refractivity contribution >= 4 is 5.69 Å². The molecule has 0 atom stereocenters. The minimum atomic E-state index is -0.454. The Hall–Kier alpha value is -2.10. The van der Waals surface area contributed by atoms with Crippen LogP contribution in [0.1, 0.15) is 18.1 Å². The van der Waals surface area contributed by atoms with Crippen LogP contribution in [0, 0.1) is 18.6 Å². The molecule has 0 unspecified atom stereocenters. The lowest BCUT2D eigenvalue weighted by atomic mass is 10.2. The van der Waals surface area contributed by atoms with Gasteiger partial charge >= 0.3 is 0 Å². The van der Waals surface area contributed by atoms with Crippen molar-refractivity contribution < 1.29 is 13.5 Å². The summed E-state index contributed by atoms with van der Waals surface area (Å²) in [5.74, 6) is -0.107. The summed E-state index contributed by atoms with van der Waals surface area (Å²) in [6.45, 7) is 4.44. The van der Waals surface area contributed by atoms with Gasteiger partial charge in [0.1, 0.15) is 17.4 Å². The van der Waals surface area contributed by atoms with E-state index >= 15 is 0 Å². The molecule has 0 bridgehead atoms. The highest BCUT2D eigenvalue weighted by atomic mass is 19.1. The molecule has 4 heteroatoms. The Labute approximate surface area is 117 Å². The van der Waals surface area contributed by atoms with E-state index < -0.39 is 11.6 Å². The highest BCUT2D eigenvalue weighted by molar-refractivity contribution is 5.47. The van der Waals surface area contributed by atoms with Crippen molar-refractivity contribution in [2.75, 3.05) is 11.9 Å². The van der Waals surface area contributed by atoms with E-state index in [1.165, 1.54) is 19.1 Å². The molecule has 0 saturated heterocycles. The van der Waals surface area contributed by atoms with Gasteiger partial charge in [-0.3, -0.25) is 0 Å². The predicted octanol–water partition coefficient (Wildman–Crippen LogP) is 4.28.